The van der Waals surface area contributed by atoms with Crippen molar-refractivity contribution in [3.63, 3.8) is 0 Å². The lowest BCUT2D eigenvalue weighted by Gasteiger charge is -2.32. The van der Waals surface area contributed by atoms with Crippen LogP contribution in [0.3, 0.4) is 0 Å². The van der Waals surface area contributed by atoms with Crippen LogP contribution in [0.2, 0.25) is 4.34 Å². The second kappa shape index (κ2) is 5.45. The lowest BCUT2D eigenvalue weighted by atomic mass is 9.85. The van der Waals surface area contributed by atoms with Crippen molar-refractivity contribution in [1.82, 2.24) is 10.3 Å². The molecular formula is C11H17ClN2OS. The van der Waals surface area contributed by atoms with Gasteiger partial charge in [-0.05, 0) is 12.8 Å². The largest absolute Gasteiger partial charge is 0.389 e. The molecule has 0 unspecified atom stereocenters. The zero-order chi connectivity index (χ0) is 11.4. The van der Waals surface area contributed by atoms with E-state index >= 15 is 0 Å². The van der Waals surface area contributed by atoms with Crippen molar-refractivity contribution in [2.75, 3.05) is 6.54 Å². The molecule has 1 heterocycles. The van der Waals surface area contributed by atoms with Crippen molar-refractivity contribution in [1.29, 1.82) is 0 Å². The quantitative estimate of drug-likeness (QED) is 0.875. The number of thiazole rings is 1. The fourth-order valence-electron chi connectivity index (χ4n) is 2.16. The van der Waals surface area contributed by atoms with E-state index in [-0.39, 0.29) is 0 Å². The van der Waals surface area contributed by atoms with Gasteiger partial charge in [-0.15, -0.1) is 11.3 Å². The van der Waals surface area contributed by atoms with E-state index in [0.717, 1.165) is 30.7 Å². The summed E-state index contributed by atoms with van der Waals surface area (Å²) in [6.07, 6.45) is 7.03. The first-order valence-electron chi connectivity index (χ1n) is 5.71. The average Bonchev–Trinajstić information content (AvgIpc) is 2.65. The molecule has 0 bridgehead atoms. The number of hydrogen-bond acceptors (Lipinski definition) is 4. The maximum absolute atomic E-state index is 10.2. The van der Waals surface area contributed by atoms with Gasteiger partial charge in [-0.3, -0.25) is 0 Å². The SMILES string of the molecule is OC1(CNCc2ncc(Cl)s2)CCCCC1. The van der Waals surface area contributed by atoms with Gasteiger partial charge in [-0.1, -0.05) is 30.9 Å². The van der Waals surface area contributed by atoms with Crippen molar-refractivity contribution >= 4 is 22.9 Å². The van der Waals surface area contributed by atoms with Crippen LogP contribution < -0.4 is 5.32 Å². The van der Waals surface area contributed by atoms with Gasteiger partial charge in [-0.25, -0.2) is 4.98 Å². The van der Waals surface area contributed by atoms with Gasteiger partial charge in [0, 0.05) is 13.1 Å². The fourth-order valence-corrected chi connectivity index (χ4v) is 3.08. The molecule has 16 heavy (non-hydrogen) atoms. The maximum atomic E-state index is 10.2. The number of rotatable bonds is 4. The van der Waals surface area contributed by atoms with Crippen LogP contribution in [0.4, 0.5) is 0 Å². The first kappa shape index (κ1) is 12.3. The lowest BCUT2D eigenvalue weighted by molar-refractivity contribution is 0.00467. The number of aliphatic hydroxyl groups is 1. The summed E-state index contributed by atoms with van der Waals surface area (Å²) in [4.78, 5) is 4.16. The minimum atomic E-state index is -0.501. The molecule has 1 aliphatic carbocycles. The molecule has 1 saturated carbocycles. The summed E-state index contributed by atoms with van der Waals surface area (Å²) < 4.78 is 0.716. The standard InChI is InChI=1S/C11H17ClN2OS/c12-9-6-14-10(16-9)7-13-8-11(15)4-2-1-3-5-11/h6,13,15H,1-5,7-8H2. The van der Waals surface area contributed by atoms with Gasteiger partial charge in [0.15, 0.2) is 0 Å². The molecule has 2 rings (SSSR count). The normalized spacial score (nSPS) is 19.9. The molecule has 0 spiro atoms. The summed E-state index contributed by atoms with van der Waals surface area (Å²) in [7, 11) is 0. The lowest BCUT2D eigenvalue weighted by Crippen LogP contribution is -2.41. The Bertz CT molecular complexity index is 336. The Morgan fingerprint density at radius 2 is 2.19 bits per heavy atom. The third-order valence-corrected chi connectivity index (χ3v) is 4.15. The smallest absolute Gasteiger partial charge is 0.113 e. The predicted octanol–water partition coefficient (Wildman–Crippen LogP) is 2.58. The summed E-state index contributed by atoms with van der Waals surface area (Å²) in [5.74, 6) is 0. The Labute approximate surface area is 105 Å². The van der Waals surface area contributed by atoms with Crippen LogP contribution in [0.15, 0.2) is 6.20 Å². The van der Waals surface area contributed by atoms with Gasteiger partial charge in [0.1, 0.15) is 9.34 Å². The Hall–Kier alpha value is -0.160. The van der Waals surface area contributed by atoms with Gasteiger partial charge in [0.25, 0.3) is 0 Å². The molecule has 2 N–H and O–H groups in total. The molecule has 5 heteroatoms. The minimum Gasteiger partial charge on any atom is -0.389 e. The van der Waals surface area contributed by atoms with Crippen molar-refractivity contribution < 1.29 is 5.11 Å². The first-order chi connectivity index (χ1) is 7.68. The van der Waals surface area contributed by atoms with E-state index in [1.165, 1.54) is 17.8 Å². The van der Waals surface area contributed by atoms with Crippen molar-refractivity contribution in [2.45, 2.75) is 44.2 Å². The monoisotopic (exact) mass is 260 g/mol. The summed E-state index contributed by atoms with van der Waals surface area (Å²) in [5.41, 5.74) is -0.501. The second-order valence-electron chi connectivity index (χ2n) is 4.45. The molecule has 3 nitrogen and oxygen atoms in total. The Morgan fingerprint density at radius 1 is 1.44 bits per heavy atom. The molecular weight excluding hydrogens is 244 g/mol. The van der Waals surface area contributed by atoms with Gasteiger partial charge < -0.3 is 10.4 Å². The van der Waals surface area contributed by atoms with Crippen molar-refractivity contribution in [2.24, 2.45) is 0 Å². The first-order valence-corrected chi connectivity index (χ1v) is 6.91. The van der Waals surface area contributed by atoms with Crippen LogP contribution in [0.5, 0.6) is 0 Å². The molecule has 90 valence electrons. The highest BCUT2D eigenvalue weighted by Gasteiger charge is 2.28. The molecule has 0 aromatic carbocycles. The van der Waals surface area contributed by atoms with Gasteiger partial charge >= 0.3 is 0 Å². The topological polar surface area (TPSA) is 45.1 Å². The van der Waals surface area contributed by atoms with E-state index in [1.807, 2.05) is 0 Å². The highest BCUT2D eigenvalue weighted by molar-refractivity contribution is 7.15. The van der Waals surface area contributed by atoms with E-state index < -0.39 is 5.60 Å². The van der Waals surface area contributed by atoms with Crippen LogP contribution in [0.25, 0.3) is 0 Å². The fraction of sp³-hybridized carbons (Fsp3) is 0.727. The van der Waals surface area contributed by atoms with E-state index in [4.69, 9.17) is 11.6 Å². The summed E-state index contributed by atoms with van der Waals surface area (Å²) >= 11 is 7.28. The van der Waals surface area contributed by atoms with Gasteiger partial charge in [0.05, 0.1) is 11.8 Å². The number of hydrogen-bond donors (Lipinski definition) is 2. The van der Waals surface area contributed by atoms with Crippen LogP contribution in [-0.4, -0.2) is 22.2 Å². The Kier molecular flexibility index (Phi) is 4.19. The molecule has 0 amide bonds. The summed E-state index contributed by atoms with van der Waals surface area (Å²) in [6.45, 7) is 1.35. The van der Waals surface area contributed by atoms with Crippen LogP contribution in [-0.2, 0) is 6.54 Å². The second-order valence-corrected chi connectivity index (χ2v) is 6.19. The van der Waals surface area contributed by atoms with E-state index in [2.05, 4.69) is 10.3 Å². The highest BCUT2D eigenvalue weighted by atomic mass is 35.5. The summed E-state index contributed by atoms with van der Waals surface area (Å²) in [6, 6.07) is 0. The maximum Gasteiger partial charge on any atom is 0.113 e. The van der Waals surface area contributed by atoms with Crippen LogP contribution >= 0.6 is 22.9 Å². The molecule has 1 aliphatic rings. The molecule has 0 atom stereocenters. The predicted molar refractivity (Wildman–Crippen MR) is 66.9 cm³/mol. The van der Waals surface area contributed by atoms with E-state index in [0.29, 0.717) is 17.4 Å². The van der Waals surface area contributed by atoms with E-state index in [1.54, 1.807) is 6.20 Å². The average molecular weight is 261 g/mol. The zero-order valence-corrected chi connectivity index (χ0v) is 10.8. The minimum absolute atomic E-state index is 0.501. The number of nitrogens with zero attached hydrogens (tertiary/aromatic N) is 1. The van der Waals surface area contributed by atoms with Gasteiger partial charge in [0.2, 0.25) is 0 Å². The molecule has 0 saturated heterocycles. The third kappa shape index (κ3) is 3.42. The molecule has 0 aliphatic heterocycles. The van der Waals surface area contributed by atoms with Crippen LogP contribution in [0, 0.1) is 0 Å². The zero-order valence-electron chi connectivity index (χ0n) is 9.21. The highest BCUT2D eigenvalue weighted by Crippen LogP contribution is 2.27. The molecule has 1 fully saturated rings. The molecule has 1 aromatic rings. The Morgan fingerprint density at radius 3 is 2.81 bits per heavy atom. The third-order valence-electron chi connectivity index (χ3n) is 3.04. The van der Waals surface area contributed by atoms with Crippen LogP contribution in [0.1, 0.15) is 37.1 Å². The van der Waals surface area contributed by atoms with Crippen molar-refractivity contribution in [3.8, 4) is 0 Å². The number of halogens is 1. The molecule has 1 aromatic heterocycles. The van der Waals surface area contributed by atoms with E-state index in [9.17, 15) is 5.11 Å². The summed E-state index contributed by atoms with van der Waals surface area (Å²) in [5, 5.41) is 14.5. The van der Waals surface area contributed by atoms with Crippen molar-refractivity contribution in [3.05, 3.63) is 15.5 Å². The van der Waals surface area contributed by atoms with Gasteiger partial charge in [-0.2, -0.15) is 0 Å². The molecule has 0 radical (unpaired) electrons. The Balaban J connectivity index is 1.74. The number of aromatic nitrogens is 1. The number of nitrogens with one attached hydrogen (secondary N) is 1.